The van der Waals surface area contributed by atoms with Crippen LogP contribution in [0.2, 0.25) is 0 Å². The number of hydrogen-bond donors (Lipinski definition) is 2. The maximum absolute atomic E-state index is 13.8. The van der Waals surface area contributed by atoms with Gasteiger partial charge in [-0.1, -0.05) is 61.5 Å². The number of aryl methyl sites for hydroxylation is 1. The van der Waals surface area contributed by atoms with Crippen LogP contribution in [0.3, 0.4) is 0 Å². The molecule has 3 aromatic carbocycles. The van der Waals surface area contributed by atoms with Crippen molar-refractivity contribution in [1.82, 2.24) is 14.9 Å². The fourth-order valence-electron chi connectivity index (χ4n) is 4.42. The Morgan fingerprint density at radius 2 is 1.57 bits per heavy atom. The van der Waals surface area contributed by atoms with Gasteiger partial charge in [0, 0.05) is 32.7 Å². The molecular weight excluding hydrogens is 557 g/mol. The van der Waals surface area contributed by atoms with E-state index < -0.39 is 21.9 Å². The monoisotopic (exact) mass is 597 g/mol. The van der Waals surface area contributed by atoms with E-state index in [1.807, 2.05) is 32.0 Å². The molecule has 3 aromatic rings. The average molecular weight is 598 g/mol. The van der Waals surface area contributed by atoms with Gasteiger partial charge in [-0.2, -0.15) is 0 Å². The molecule has 0 saturated carbocycles. The van der Waals surface area contributed by atoms with Crippen LogP contribution in [0.4, 0.5) is 4.39 Å². The van der Waals surface area contributed by atoms with Gasteiger partial charge in [0.25, 0.3) is 0 Å². The van der Waals surface area contributed by atoms with Gasteiger partial charge in [0.2, 0.25) is 21.8 Å². The number of nitrogens with zero attached hydrogens (tertiary/aromatic N) is 1. The van der Waals surface area contributed by atoms with Crippen molar-refractivity contribution >= 4 is 21.8 Å². The molecule has 1 atom stereocenters. The lowest BCUT2D eigenvalue weighted by atomic mass is 10.0. The van der Waals surface area contributed by atoms with Crippen LogP contribution < -0.4 is 10.0 Å². The van der Waals surface area contributed by atoms with Crippen LogP contribution >= 0.6 is 0 Å². The fraction of sp³-hybridized carbons (Fsp3) is 0.375. The van der Waals surface area contributed by atoms with E-state index in [-0.39, 0.29) is 42.3 Å². The quantitative estimate of drug-likeness (QED) is 0.232. The van der Waals surface area contributed by atoms with Crippen LogP contribution in [0.25, 0.3) is 0 Å². The van der Waals surface area contributed by atoms with E-state index in [1.165, 1.54) is 29.2 Å². The number of carbonyl (C=O) groups is 2. The highest BCUT2D eigenvalue weighted by atomic mass is 32.2. The van der Waals surface area contributed by atoms with Gasteiger partial charge in [-0.3, -0.25) is 9.59 Å². The van der Waals surface area contributed by atoms with Gasteiger partial charge < -0.3 is 15.0 Å². The Hall–Kier alpha value is -3.60. The molecule has 42 heavy (non-hydrogen) atoms. The highest BCUT2D eigenvalue weighted by molar-refractivity contribution is 7.89. The number of amides is 2. The number of halogens is 1. The van der Waals surface area contributed by atoms with Crippen LogP contribution in [0.1, 0.15) is 56.3 Å². The summed E-state index contributed by atoms with van der Waals surface area (Å²) in [5.41, 5.74) is 2.12. The normalized spacial score (nSPS) is 12.2. The Morgan fingerprint density at radius 1 is 0.929 bits per heavy atom. The second kappa shape index (κ2) is 16.1. The maximum atomic E-state index is 13.8. The molecule has 0 saturated heterocycles. The number of hydrogen-bond acceptors (Lipinski definition) is 5. The van der Waals surface area contributed by atoms with Gasteiger partial charge >= 0.3 is 0 Å². The molecule has 0 aliphatic heterocycles. The van der Waals surface area contributed by atoms with Crippen molar-refractivity contribution in [3.8, 4) is 0 Å². The molecule has 0 heterocycles. The second-order valence-electron chi connectivity index (χ2n) is 10.2. The molecule has 2 N–H and O–H groups in total. The summed E-state index contributed by atoms with van der Waals surface area (Å²) in [5.74, 6) is -0.979. The lowest BCUT2D eigenvalue weighted by molar-refractivity contribution is -0.141. The first-order valence-corrected chi connectivity index (χ1v) is 15.7. The summed E-state index contributed by atoms with van der Waals surface area (Å²) >= 11 is 0. The smallest absolute Gasteiger partial charge is 0.247 e. The third-order valence-electron chi connectivity index (χ3n) is 6.53. The van der Waals surface area contributed by atoms with Crippen LogP contribution in [0.15, 0.2) is 83.8 Å². The molecule has 0 aromatic heterocycles. The number of benzene rings is 3. The largest absolute Gasteiger partial charge is 0.379 e. The second-order valence-corrected chi connectivity index (χ2v) is 11.9. The Kier molecular flexibility index (Phi) is 12.7. The van der Waals surface area contributed by atoms with E-state index in [0.717, 1.165) is 5.56 Å². The topological polar surface area (TPSA) is 105 Å². The van der Waals surface area contributed by atoms with E-state index in [1.54, 1.807) is 43.3 Å². The van der Waals surface area contributed by atoms with Crippen molar-refractivity contribution in [2.75, 3.05) is 19.7 Å². The van der Waals surface area contributed by atoms with Crippen LogP contribution in [0.5, 0.6) is 0 Å². The molecule has 0 spiro atoms. The number of nitrogens with one attached hydrogen (secondary N) is 2. The van der Waals surface area contributed by atoms with E-state index in [9.17, 15) is 22.4 Å². The molecule has 0 fully saturated rings. The van der Waals surface area contributed by atoms with Gasteiger partial charge in [0.1, 0.15) is 11.9 Å². The van der Waals surface area contributed by atoms with E-state index in [4.69, 9.17) is 4.74 Å². The number of ether oxygens (including phenoxy) is 1. The molecule has 0 unspecified atom stereocenters. The van der Waals surface area contributed by atoms with Crippen LogP contribution in [0, 0.1) is 5.82 Å². The standard InChI is InChI=1S/C32H40FN3O5S/c1-4-35-42(39,40)29-18-13-25(14-19-29)15-20-30(37)36(23-26-11-16-28(33)17-12-26)31(27-9-6-5-7-10-27)32(38)34-21-8-22-41-24(2)3/h5-7,9-14,16-19,24,31,35H,4,8,15,20-23H2,1-3H3,(H,34,38)/t31-/m0/s1. The van der Waals surface area contributed by atoms with E-state index in [2.05, 4.69) is 10.0 Å². The minimum Gasteiger partial charge on any atom is -0.379 e. The molecular formula is C32H40FN3O5S. The Labute approximate surface area is 248 Å². The Balaban J connectivity index is 1.83. The molecule has 8 nitrogen and oxygen atoms in total. The van der Waals surface area contributed by atoms with Crippen molar-refractivity contribution in [3.05, 3.63) is 101 Å². The van der Waals surface area contributed by atoms with Gasteiger partial charge in [-0.25, -0.2) is 17.5 Å². The van der Waals surface area contributed by atoms with E-state index >= 15 is 0 Å². The summed E-state index contributed by atoms with van der Waals surface area (Å²) in [6.07, 6.45) is 1.14. The van der Waals surface area contributed by atoms with Crippen molar-refractivity contribution in [1.29, 1.82) is 0 Å². The zero-order valence-corrected chi connectivity index (χ0v) is 25.2. The maximum Gasteiger partial charge on any atom is 0.247 e. The molecule has 3 rings (SSSR count). The highest BCUT2D eigenvalue weighted by Crippen LogP contribution is 2.25. The molecule has 226 valence electrons. The van der Waals surface area contributed by atoms with Gasteiger partial charge in [-0.15, -0.1) is 0 Å². The predicted molar refractivity (Wildman–Crippen MR) is 160 cm³/mol. The third-order valence-corrected chi connectivity index (χ3v) is 8.09. The molecule has 0 bridgehead atoms. The van der Waals surface area contributed by atoms with Gasteiger partial charge in [-0.05, 0) is 67.6 Å². The summed E-state index contributed by atoms with van der Waals surface area (Å²) in [5, 5.41) is 2.95. The summed E-state index contributed by atoms with van der Waals surface area (Å²) in [6, 6.07) is 20.4. The van der Waals surface area contributed by atoms with E-state index in [0.29, 0.717) is 37.1 Å². The molecule has 2 amide bonds. The van der Waals surface area contributed by atoms with Crippen molar-refractivity contribution in [2.45, 2.75) is 63.6 Å². The summed E-state index contributed by atoms with van der Waals surface area (Å²) in [7, 11) is -3.58. The summed E-state index contributed by atoms with van der Waals surface area (Å²) in [4.78, 5) is 29.1. The highest BCUT2D eigenvalue weighted by Gasteiger charge is 2.31. The third kappa shape index (κ3) is 10.0. The van der Waals surface area contributed by atoms with Gasteiger partial charge in [0.05, 0.1) is 11.0 Å². The molecule has 0 aliphatic carbocycles. The lowest BCUT2D eigenvalue weighted by Crippen LogP contribution is -2.44. The molecule has 0 aliphatic rings. The first-order chi connectivity index (χ1) is 20.1. The Morgan fingerprint density at radius 3 is 2.19 bits per heavy atom. The Bertz CT molecular complexity index is 1380. The number of rotatable bonds is 16. The lowest BCUT2D eigenvalue weighted by Gasteiger charge is -2.32. The van der Waals surface area contributed by atoms with Crippen molar-refractivity contribution in [2.24, 2.45) is 0 Å². The SMILES string of the molecule is CCNS(=O)(=O)c1ccc(CCC(=O)N(Cc2ccc(F)cc2)[C@H](C(=O)NCCCOC(C)C)c2ccccc2)cc1. The van der Waals surface area contributed by atoms with Crippen molar-refractivity contribution in [3.63, 3.8) is 0 Å². The molecule has 10 heteroatoms. The number of carbonyl (C=O) groups excluding carboxylic acids is 2. The van der Waals surface area contributed by atoms with Crippen LogP contribution in [-0.2, 0) is 37.3 Å². The minimum atomic E-state index is -3.58. The zero-order valence-electron chi connectivity index (χ0n) is 24.4. The minimum absolute atomic E-state index is 0.0827. The summed E-state index contributed by atoms with van der Waals surface area (Å²) < 4.78 is 46.2. The summed E-state index contributed by atoms with van der Waals surface area (Å²) in [6.45, 7) is 6.87. The predicted octanol–water partition coefficient (Wildman–Crippen LogP) is 4.76. The zero-order chi connectivity index (χ0) is 30.5. The first-order valence-electron chi connectivity index (χ1n) is 14.2. The van der Waals surface area contributed by atoms with Gasteiger partial charge in [0.15, 0.2) is 0 Å². The molecule has 0 radical (unpaired) electrons. The van der Waals surface area contributed by atoms with Crippen molar-refractivity contribution < 1.29 is 27.1 Å². The number of sulfonamides is 1. The fourth-order valence-corrected chi connectivity index (χ4v) is 5.46. The first kappa shape index (κ1) is 32.9. The average Bonchev–Trinajstić information content (AvgIpc) is 2.97. The van der Waals surface area contributed by atoms with Crippen LogP contribution in [-0.4, -0.2) is 50.9 Å².